The Morgan fingerprint density at radius 2 is 1.22 bits per heavy atom. The van der Waals surface area contributed by atoms with Gasteiger partial charge in [0.25, 0.3) is 0 Å². The molecule has 1 rings (SSSR count). The quantitative estimate of drug-likeness (QED) is 0.701. The lowest BCUT2D eigenvalue weighted by Gasteiger charge is -2.28. The molecule has 1 radical (unpaired) electrons. The maximum atomic E-state index is 13.3. The van der Waals surface area contributed by atoms with E-state index in [4.69, 9.17) is 0 Å². The van der Waals surface area contributed by atoms with Gasteiger partial charge in [0.15, 0.2) is 0 Å². The van der Waals surface area contributed by atoms with E-state index < -0.39 is 23.6 Å². The van der Waals surface area contributed by atoms with E-state index in [2.05, 4.69) is 6.07 Å². The summed E-state index contributed by atoms with van der Waals surface area (Å²) in [5.41, 5.74) is -1.26. The van der Waals surface area contributed by atoms with Crippen LogP contribution in [0.25, 0.3) is 0 Å². The molecule has 18 heavy (non-hydrogen) atoms. The molecule has 0 aromatic heterocycles. The van der Waals surface area contributed by atoms with Crippen LogP contribution in [0.15, 0.2) is 12.1 Å². The molecule has 101 valence electrons. The van der Waals surface area contributed by atoms with Crippen LogP contribution < -0.4 is 0 Å². The predicted octanol–water partition coefficient (Wildman–Crippen LogP) is 4.39. The summed E-state index contributed by atoms with van der Waals surface area (Å²) in [7, 11) is 0. The zero-order valence-corrected chi connectivity index (χ0v) is 9.30. The second-order valence-corrected chi connectivity index (χ2v) is 3.88. The van der Waals surface area contributed by atoms with Crippen molar-refractivity contribution in [2.24, 2.45) is 0 Å². The van der Waals surface area contributed by atoms with Gasteiger partial charge in [-0.15, -0.1) is 0 Å². The Balaban J connectivity index is 3.37. The molecule has 0 N–H and O–H groups in total. The fourth-order valence-corrected chi connectivity index (χ4v) is 1.43. The SMILES string of the molecule is Cc1[c]c(C)cc(C(F)(F)C(F)(F)C(F)(F)F)c1. The monoisotopic (exact) mass is 273 g/mol. The van der Waals surface area contributed by atoms with Crippen molar-refractivity contribution in [3.8, 4) is 0 Å². The standard InChI is InChI=1S/C11H8F7/c1-6-3-7(2)5-8(4-6)9(12,13)10(14,15)11(16,17)18/h4-5H,1-2H3. The first-order valence-electron chi connectivity index (χ1n) is 4.73. The van der Waals surface area contributed by atoms with Gasteiger partial charge in [0, 0.05) is 5.56 Å². The van der Waals surface area contributed by atoms with Gasteiger partial charge in [0.05, 0.1) is 0 Å². The number of aryl methyl sites for hydroxylation is 2. The summed E-state index contributed by atoms with van der Waals surface area (Å²) in [6.07, 6.45) is -6.32. The molecule has 0 saturated carbocycles. The molecular weight excluding hydrogens is 265 g/mol. The molecule has 0 amide bonds. The van der Waals surface area contributed by atoms with Gasteiger partial charge in [0.2, 0.25) is 0 Å². The fourth-order valence-electron chi connectivity index (χ4n) is 1.43. The topological polar surface area (TPSA) is 0 Å². The second-order valence-electron chi connectivity index (χ2n) is 3.88. The Hall–Kier alpha value is -1.27. The molecule has 0 bridgehead atoms. The van der Waals surface area contributed by atoms with E-state index in [9.17, 15) is 30.7 Å². The first-order chi connectivity index (χ1) is 7.89. The van der Waals surface area contributed by atoms with Gasteiger partial charge in [-0.3, -0.25) is 0 Å². The Labute approximate surface area is 98.4 Å². The fraction of sp³-hybridized carbons (Fsp3) is 0.455. The van der Waals surface area contributed by atoms with Crippen LogP contribution in [-0.4, -0.2) is 12.1 Å². The van der Waals surface area contributed by atoms with Gasteiger partial charge in [-0.1, -0.05) is 0 Å². The lowest BCUT2D eigenvalue weighted by atomic mass is 9.98. The van der Waals surface area contributed by atoms with Gasteiger partial charge < -0.3 is 0 Å². The van der Waals surface area contributed by atoms with Crippen LogP contribution >= 0.6 is 0 Å². The van der Waals surface area contributed by atoms with Gasteiger partial charge in [-0.05, 0) is 43.2 Å². The van der Waals surface area contributed by atoms with Crippen molar-refractivity contribution in [1.82, 2.24) is 0 Å². The molecular formula is C11H8F7. The zero-order valence-electron chi connectivity index (χ0n) is 9.30. The molecule has 1 aromatic carbocycles. The molecule has 0 heterocycles. The highest BCUT2D eigenvalue weighted by Gasteiger charge is 2.73. The highest BCUT2D eigenvalue weighted by Crippen LogP contribution is 2.51. The summed E-state index contributed by atoms with van der Waals surface area (Å²) in [4.78, 5) is 0. The Morgan fingerprint density at radius 1 is 0.833 bits per heavy atom. The van der Waals surface area contributed by atoms with Gasteiger partial charge in [-0.25, -0.2) is 0 Å². The van der Waals surface area contributed by atoms with Crippen molar-refractivity contribution in [1.29, 1.82) is 0 Å². The molecule has 0 aliphatic heterocycles. The molecule has 0 fully saturated rings. The first kappa shape index (κ1) is 14.8. The number of rotatable bonds is 2. The van der Waals surface area contributed by atoms with E-state index in [1.54, 1.807) is 0 Å². The van der Waals surface area contributed by atoms with E-state index in [0.29, 0.717) is 12.1 Å². The van der Waals surface area contributed by atoms with Crippen molar-refractivity contribution in [2.75, 3.05) is 0 Å². The molecule has 0 aliphatic carbocycles. The number of hydrogen-bond acceptors (Lipinski definition) is 0. The van der Waals surface area contributed by atoms with Gasteiger partial charge in [0.1, 0.15) is 0 Å². The molecule has 0 atom stereocenters. The van der Waals surface area contributed by atoms with E-state index in [1.165, 1.54) is 13.8 Å². The van der Waals surface area contributed by atoms with Gasteiger partial charge in [-0.2, -0.15) is 30.7 Å². The Bertz CT molecular complexity index is 425. The molecule has 0 saturated heterocycles. The summed E-state index contributed by atoms with van der Waals surface area (Å²) in [6.45, 7) is 2.55. The lowest BCUT2D eigenvalue weighted by Crippen LogP contribution is -2.50. The number of halogens is 7. The predicted molar refractivity (Wildman–Crippen MR) is 49.6 cm³/mol. The number of alkyl halides is 7. The molecule has 0 spiro atoms. The third-order valence-electron chi connectivity index (χ3n) is 2.25. The number of hydrogen-bond donors (Lipinski definition) is 0. The average Bonchev–Trinajstić information content (AvgIpc) is 2.13. The normalized spacial score (nSPS) is 13.8. The minimum absolute atomic E-state index is 0.0580. The Morgan fingerprint density at radius 3 is 1.56 bits per heavy atom. The first-order valence-corrected chi connectivity index (χ1v) is 4.73. The van der Waals surface area contributed by atoms with Crippen LogP contribution in [0.3, 0.4) is 0 Å². The zero-order chi connectivity index (χ0) is 14.4. The molecule has 0 aliphatic rings. The van der Waals surface area contributed by atoms with Crippen LogP contribution in [0.4, 0.5) is 30.7 Å². The summed E-state index contributed by atoms with van der Waals surface area (Å²) in [5.74, 6) is -11.4. The molecule has 1 aromatic rings. The highest BCUT2D eigenvalue weighted by atomic mass is 19.4. The van der Waals surface area contributed by atoms with Crippen LogP contribution in [0.1, 0.15) is 16.7 Å². The minimum atomic E-state index is -6.32. The van der Waals surface area contributed by atoms with E-state index >= 15 is 0 Å². The van der Waals surface area contributed by atoms with Crippen molar-refractivity contribution in [3.63, 3.8) is 0 Å². The summed E-state index contributed by atoms with van der Waals surface area (Å²) >= 11 is 0. The van der Waals surface area contributed by atoms with Crippen molar-refractivity contribution >= 4 is 0 Å². The summed E-state index contributed by atoms with van der Waals surface area (Å²) in [5, 5.41) is 0. The van der Waals surface area contributed by atoms with Crippen LogP contribution in [0.2, 0.25) is 0 Å². The average molecular weight is 273 g/mol. The maximum Gasteiger partial charge on any atom is 0.460 e. The van der Waals surface area contributed by atoms with Gasteiger partial charge >= 0.3 is 18.0 Å². The van der Waals surface area contributed by atoms with Crippen LogP contribution in [-0.2, 0) is 5.92 Å². The van der Waals surface area contributed by atoms with Crippen molar-refractivity contribution in [3.05, 3.63) is 34.9 Å². The minimum Gasteiger partial charge on any atom is -0.194 e. The van der Waals surface area contributed by atoms with Crippen LogP contribution in [0.5, 0.6) is 0 Å². The molecule has 0 unspecified atom stereocenters. The van der Waals surface area contributed by atoms with E-state index in [0.717, 1.165) is 0 Å². The smallest absolute Gasteiger partial charge is 0.194 e. The third kappa shape index (κ3) is 2.30. The third-order valence-corrected chi connectivity index (χ3v) is 2.25. The summed E-state index contributed by atoms with van der Waals surface area (Å²) < 4.78 is 88.1. The number of benzene rings is 1. The highest BCUT2D eigenvalue weighted by molar-refractivity contribution is 5.32. The molecule has 0 nitrogen and oxygen atoms in total. The molecule has 7 heteroatoms. The second kappa shape index (κ2) is 4.13. The lowest BCUT2D eigenvalue weighted by molar-refractivity contribution is -0.359. The van der Waals surface area contributed by atoms with E-state index in [1.807, 2.05) is 0 Å². The Kier molecular flexibility index (Phi) is 3.40. The largest absolute Gasteiger partial charge is 0.460 e. The summed E-state index contributed by atoms with van der Waals surface area (Å²) in [6, 6.07) is 3.64. The maximum absolute atomic E-state index is 13.3. The van der Waals surface area contributed by atoms with Crippen molar-refractivity contribution in [2.45, 2.75) is 31.9 Å². The van der Waals surface area contributed by atoms with Crippen molar-refractivity contribution < 1.29 is 30.7 Å². The van der Waals surface area contributed by atoms with E-state index in [-0.39, 0.29) is 11.1 Å². The van der Waals surface area contributed by atoms with Crippen LogP contribution in [0, 0.1) is 19.9 Å².